The average Bonchev–Trinajstić information content (AvgIpc) is 0.792. The molecule has 0 saturated heterocycles. The van der Waals surface area contributed by atoms with E-state index < -0.39 is 9.05 Å². The summed E-state index contributed by atoms with van der Waals surface area (Å²) in [6.45, 7) is 20.8. The minimum absolute atomic E-state index is 0.191. The predicted octanol–water partition coefficient (Wildman–Crippen LogP) is 11.8. The summed E-state index contributed by atoms with van der Waals surface area (Å²) < 4.78 is 128. The minimum atomic E-state index is -3.66. The summed E-state index contributed by atoms with van der Waals surface area (Å²) in [5.41, 5.74) is 2.18. The van der Waals surface area contributed by atoms with Gasteiger partial charge in [0.15, 0.2) is 0 Å². The van der Waals surface area contributed by atoms with Crippen molar-refractivity contribution in [3.63, 3.8) is 0 Å². The van der Waals surface area contributed by atoms with Gasteiger partial charge in [-0.05, 0) is 95.0 Å². The van der Waals surface area contributed by atoms with E-state index in [-0.39, 0.29) is 19.8 Å². The van der Waals surface area contributed by atoms with Gasteiger partial charge >= 0.3 is 9.05 Å². The van der Waals surface area contributed by atoms with Crippen molar-refractivity contribution in [2.24, 2.45) is 0 Å². The molecule has 0 aromatic heterocycles. The lowest BCUT2D eigenvalue weighted by Crippen LogP contribution is -2.49. The highest BCUT2D eigenvalue weighted by molar-refractivity contribution is 6.53. The van der Waals surface area contributed by atoms with Crippen molar-refractivity contribution in [2.45, 2.75) is 19.6 Å². The molecule has 0 aliphatic rings. The molecule has 0 amide bonds. The molecule has 0 bridgehead atoms. The third-order valence-electron chi connectivity index (χ3n) is 16.6. The van der Waals surface area contributed by atoms with E-state index in [2.05, 4.69) is 133 Å². The number of fused-ring (bicyclic) bond motifs is 9. The van der Waals surface area contributed by atoms with Gasteiger partial charge in [-0.2, -0.15) is 0 Å². The van der Waals surface area contributed by atoms with Gasteiger partial charge in [-0.1, -0.05) is 146 Å². The Kier molecular flexibility index (Phi) is 47.5. The molecule has 0 aliphatic heterocycles. The van der Waals surface area contributed by atoms with Gasteiger partial charge in [-0.15, -0.1) is 0 Å². The third kappa shape index (κ3) is 34.3. The van der Waals surface area contributed by atoms with Gasteiger partial charge in [0.25, 0.3) is 0 Å². The maximum absolute atomic E-state index is 8.00. The maximum Gasteiger partial charge on any atom is 0.679 e. The highest BCUT2D eigenvalue weighted by Crippen LogP contribution is 2.34. The monoisotopic (exact) mass is 1530 g/mol. The van der Waals surface area contributed by atoms with E-state index in [0.29, 0.717) is 238 Å². The highest BCUT2D eigenvalue weighted by atomic mass is 28.4. The first-order valence-electron chi connectivity index (χ1n) is 37.4. The van der Waals surface area contributed by atoms with Crippen LogP contribution in [-0.2, 0) is 121 Å². The number of carbonyl (C=O) groups excluding carboxylic acids is 2. The maximum atomic E-state index is 8.00. The van der Waals surface area contributed by atoms with Crippen LogP contribution in [0.5, 0.6) is 5.75 Å². The van der Waals surface area contributed by atoms with Crippen molar-refractivity contribution in [2.75, 3.05) is 245 Å². The number of hydrogen-bond donors (Lipinski definition) is 0. The Morgan fingerprint density at radius 2 is 0.477 bits per heavy atom. The first-order chi connectivity index (χ1) is 54.2. The van der Waals surface area contributed by atoms with E-state index in [1.54, 1.807) is 7.11 Å². The summed E-state index contributed by atoms with van der Waals surface area (Å²) >= 11 is 0. The second-order valence-corrected chi connectivity index (χ2v) is 26.3. The van der Waals surface area contributed by atoms with E-state index in [0.717, 1.165) is 38.2 Å². The van der Waals surface area contributed by atoms with Gasteiger partial charge < -0.3 is 113 Å². The van der Waals surface area contributed by atoms with E-state index in [4.69, 9.17) is 113 Å². The minimum Gasteiger partial charge on any atom is -0.491 e. The number of ether oxygens (including phenoxy) is 18. The van der Waals surface area contributed by atoms with Gasteiger partial charge in [-0.25, -0.2) is 0 Å². The zero-order valence-corrected chi connectivity index (χ0v) is 64.4. The molecule has 1 unspecified atom stereocenters. The van der Waals surface area contributed by atoms with Gasteiger partial charge in [0.2, 0.25) is 0 Å². The molecule has 24 nitrogen and oxygen atoms in total. The largest absolute Gasteiger partial charge is 0.679 e. The molecule has 596 valence electrons. The van der Waals surface area contributed by atoms with Crippen LogP contribution in [-0.4, -0.2) is 268 Å². The molecule has 0 radical (unpaired) electrons. The van der Waals surface area contributed by atoms with Crippen LogP contribution in [0.25, 0.3) is 64.6 Å². The number of carbonyl (C=O) groups is 2. The summed E-state index contributed by atoms with van der Waals surface area (Å²) in [5, 5.41) is 14.1. The Bertz CT molecular complexity index is 3640. The van der Waals surface area contributed by atoms with Crippen LogP contribution in [0, 0.1) is 0 Å². The van der Waals surface area contributed by atoms with E-state index >= 15 is 0 Å². The van der Waals surface area contributed by atoms with Crippen molar-refractivity contribution < 1.29 is 113 Å². The normalized spacial score (nSPS) is 12.1. The summed E-state index contributed by atoms with van der Waals surface area (Å²) in [5.74, 6) is 0.864. The summed E-state index contributed by atoms with van der Waals surface area (Å²) in [7, 11) is -2.11. The van der Waals surface area contributed by atoms with E-state index in [1.807, 2.05) is 43.9 Å². The van der Waals surface area contributed by atoms with Crippen LogP contribution in [0.15, 0.2) is 164 Å². The van der Waals surface area contributed by atoms with Crippen molar-refractivity contribution in [1.29, 1.82) is 0 Å². The molecule has 9 rings (SSSR count). The van der Waals surface area contributed by atoms with Crippen molar-refractivity contribution in [3.05, 3.63) is 175 Å². The Labute approximate surface area is 642 Å². The van der Waals surface area contributed by atoms with Crippen molar-refractivity contribution >= 4 is 87.3 Å². The first kappa shape index (κ1) is 89.3. The molecular weight excluding hydrogens is 1420 g/mol. The highest BCUT2D eigenvalue weighted by Gasteiger charge is 2.45. The lowest BCUT2D eigenvalue weighted by molar-refractivity contribution is -0.0987. The molecule has 109 heavy (non-hydrogen) atoms. The van der Waals surface area contributed by atoms with Gasteiger partial charge in [0, 0.05) is 25.7 Å². The fraction of sp³-hybridized carbons (Fsp3) is 0.476. The first-order valence-corrected chi connectivity index (χ1v) is 39.0. The van der Waals surface area contributed by atoms with Crippen molar-refractivity contribution in [1.82, 2.24) is 0 Å². The zero-order valence-electron chi connectivity index (χ0n) is 63.4. The summed E-state index contributed by atoms with van der Waals surface area (Å²) in [6, 6.07) is 56.7. The lowest BCUT2D eigenvalue weighted by atomic mass is 9.98. The van der Waals surface area contributed by atoms with Gasteiger partial charge in [0.05, 0.1) is 231 Å². The van der Waals surface area contributed by atoms with Gasteiger partial charge in [-0.3, -0.25) is 0 Å². The molecule has 9 aromatic rings. The predicted molar refractivity (Wildman–Crippen MR) is 421 cm³/mol. The Balaban J connectivity index is 0.00000406. The Hall–Kier alpha value is -6.94. The fourth-order valence-electron chi connectivity index (χ4n) is 11.5. The lowest BCUT2D eigenvalue weighted by Gasteiger charge is -2.27. The van der Waals surface area contributed by atoms with E-state index in [1.165, 1.54) is 43.3 Å². The molecule has 25 heteroatoms. The Morgan fingerprint density at radius 3 is 0.826 bits per heavy atom. The number of hydrogen-bond acceptors (Lipinski definition) is 24. The fourth-order valence-corrected chi connectivity index (χ4v) is 13.2. The Morgan fingerprint density at radius 1 is 0.229 bits per heavy atom. The number of benzene rings is 9. The molecule has 9 aromatic carbocycles. The number of rotatable bonds is 64. The second-order valence-electron chi connectivity index (χ2n) is 24.0. The van der Waals surface area contributed by atoms with Crippen LogP contribution in [0.2, 0.25) is 0 Å². The van der Waals surface area contributed by atoms with Crippen LogP contribution >= 0.6 is 0 Å². The van der Waals surface area contributed by atoms with E-state index in [9.17, 15) is 0 Å². The quantitative estimate of drug-likeness (QED) is 0.0196. The van der Waals surface area contributed by atoms with Crippen LogP contribution in [0.4, 0.5) is 0 Å². The molecule has 0 saturated carbocycles. The summed E-state index contributed by atoms with van der Waals surface area (Å²) in [6.07, 6.45) is 0.585. The molecule has 0 spiro atoms. The molecule has 0 aliphatic carbocycles. The molecular formula is C84H112O24Si. The molecule has 0 N–H and O–H groups in total. The average molecular weight is 1530 g/mol. The summed E-state index contributed by atoms with van der Waals surface area (Å²) in [4.78, 5) is 16.0. The smallest absolute Gasteiger partial charge is 0.491 e. The topological polar surface area (TPSA) is 237 Å². The third-order valence-corrected chi connectivity index (χ3v) is 18.7. The molecule has 1 atom stereocenters. The molecule has 0 heterocycles. The standard InChI is InChI=1S/C82H108O22Si.2CH2O/c1-83-105(104-67-72-64-69-16-3-6-19-74(69)79-24-11-9-22-77(72)79,102-28-14-27-84-29-30-85-31-32-86-33-34-87-35-36-89-41-43-92-47-49-95-53-55-98-59-61-101-82-65-70-17-4-7-20-75(70)80-25-12-13-26-81(80)82)103-62-60-99-56-54-96-50-48-93-44-42-90-38-37-88-39-40-91-45-46-94-51-52-97-57-58-100-66-71-63-68-15-2-5-18-73(68)78-23-10-8-21-76(71)78;2*1-2/h2-13,15-26,63-65H,14,27-62,66-67H2,1H3;2*1H2. The SMILES string of the molecule is C=O.C=O.CO[Si](OCCCOCCOCCOCCOCCOCCOCCOCCOCCOc1cc2ccccc2c2ccccc12)(OCCOCCOCCOCCOCCOCCOCCOCCOCCOCc1cc2ccccc2c2ccccc12)OCc1cc2ccccc2c2ccccc12. The second kappa shape index (κ2) is 58.0. The molecule has 0 fully saturated rings. The zero-order chi connectivity index (χ0) is 76.4. The van der Waals surface area contributed by atoms with Crippen LogP contribution in [0.3, 0.4) is 0 Å². The van der Waals surface area contributed by atoms with Gasteiger partial charge in [0.1, 0.15) is 25.9 Å². The van der Waals surface area contributed by atoms with Crippen molar-refractivity contribution in [3.8, 4) is 5.75 Å². The van der Waals surface area contributed by atoms with Crippen LogP contribution in [0.1, 0.15) is 17.5 Å². The van der Waals surface area contributed by atoms with Crippen LogP contribution < -0.4 is 4.74 Å².